The molecular formula is C22H17N3S. The highest BCUT2D eigenvalue weighted by Gasteiger charge is 2.34. The molecule has 0 radical (unpaired) electrons. The number of nitrogens with zero attached hydrogens (tertiary/aromatic N) is 2. The second kappa shape index (κ2) is 6.24. The number of nitrogens with one attached hydrogen (secondary N) is 1. The Morgan fingerprint density at radius 2 is 1.65 bits per heavy atom. The van der Waals surface area contributed by atoms with Gasteiger partial charge in [0, 0.05) is 15.8 Å². The molecule has 0 spiro atoms. The summed E-state index contributed by atoms with van der Waals surface area (Å²) in [7, 11) is 2.01. The summed E-state index contributed by atoms with van der Waals surface area (Å²) in [6, 6.07) is 25.3. The van der Waals surface area contributed by atoms with Crippen molar-refractivity contribution in [2.75, 3.05) is 7.05 Å². The van der Waals surface area contributed by atoms with Crippen molar-refractivity contribution in [3.05, 3.63) is 83.9 Å². The van der Waals surface area contributed by atoms with E-state index in [1.165, 1.54) is 16.0 Å². The minimum absolute atomic E-state index is 0.384. The number of hydrogen-bond donors (Lipinski definition) is 1. The van der Waals surface area contributed by atoms with Crippen LogP contribution >= 0.6 is 11.8 Å². The van der Waals surface area contributed by atoms with Crippen molar-refractivity contribution in [1.29, 1.82) is 0 Å². The van der Waals surface area contributed by atoms with Crippen LogP contribution in [0.5, 0.6) is 0 Å². The molecular weight excluding hydrogens is 338 g/mol. The maximum absolute atomic E-state index is 4.91. The van der Waals surface area contributed by atoms with Crippen LogP contribution in [0.25, 0.3) is 22.3 Å². The molecule has 0 saturated heterocycles. The predicted octanol–water partition coefficient (Wildman–Crippen LogP) is 5.07. The zero-order chi connectivity index (χ0) is 17.5. The van der Waals surface area contributed by atoms with Crippen LogP contribution in [0.3, 0.4) is 0 Å². The topological polar surface area (TPSA) is 37.8 Å². The lowest BCUT2D eigenvalue weighted by Crippen LogP contribution is -2.01. The summed E-state index contributed by atoms with van der Waals surface area (Å²) in [6.07, 6.45) is 0. The lowest BCUT2D eigenvalue weighted by Gasteiger charge is -2.09. The molecule has 4 heteroatoms. The first-order valence-electron chi connectivity index (χ1n) is 8.65. The van der Waals surface area contributed by atoms with Crippen LogP contribution in [0.15, 0.2) is 82.7 Å². The quantitative estimate of drug-likeness (QED) is 0.519. The third-order valence-corrected chi connectivity index (χ3v) is 5.79. The molecule has 0 aliphatic heterocycles. The summed E-state index contributed by atoms with van der Waals surface area (Å²) >= 11 is 1.73. The summed E-state index contributed by atoms with van der Waals surface area (Å²) < 4.78 is 0. The SMILES string of the molecule is CNC1c2cccc(Sc3nc(-c4ccccc4)nc4ccccc34)c21. The Bertz CT molecular complexity index is 1110. The van der Waals surface area contributed by atoms with Crippen LogP contribution in [0.1, 0.15) is 17.2 Å². The van der Waals surface area contributed by atoms with E-state index >= 15 is 0 Å². The van der Waals surface area contributed by atoms with Crippen molar-refractivity contribution in [3.63, 3.8) is 0 Å². The molecule has 1 aliphatic rings. The normalized spacial score (nSPS) is 15.0. The summed E-state index contributed by atoms with van der Waals surface area (Å²) in [4.78, 5) is 11.0. The average Bonchev–Trinajstić information content (AvgIpc) is 3.43. The lowest BCUT2D eigenvalue weighted by molar-refractivity contribution is 0.796. The molecule has 5 rings (SSSR count). The van der Waals surface area contributed by atoms with Crippen molar-refractivity contribution in [3.8, 4) is 11.4 Å². The zero-order valence-electron chi connectivity index (χ0n) is 14.3. The maximum Gasteiger partial charge on any atom is 0.161 e. The molecule has 1 unspecified atom stereocenters. The molecule has 126 valence electrons. The number of rotatable bonds is 4. The number of aromatic nitrogens is 2. The van der Waals surface area contributed by atoms with Gasteiger partial charge in [-0.15, -0.1) is 0 Å². The first-order chi connectivity index (χ1) is 12.8. The van der Waals surface area contributed by atoms with Crippen molar-refractivity contribution >= 4 is 22.7 Å². The highest BCUT2D eigenvalue weighted by Crippen LogP contribution is 2.48. The van der Waals surface area contributed by atoms with Gasteiger partial charge in [-0.1, -0.05) is 72.4 Å². The van der Waals surface area contributed by atoms with Gasteiger partial charge in [0.25, 0.3) is 0 Å². The largest absolute Gasteiger partial charge is 0.309 e. The van der Waals surface area contributed by atoms with Crippen LogP contribution < -0.4 is 5.32 Å². The van der Waals surface area contributed by atoms with E-state index in [1.807, 2.05) is 37.4 Å². The van der Waals surface area contributed by atoms with E-state index < -0.39 is 0 Å². The average molecular weight is 355 g/mol. The molecule has 26 heavy (non-hydrogen) atoms. The minimum atomic E-state index is 0.384. The van der Waals surface area contributed by atoms with E-state index in [0.29, 0.717) is 6.04 Å². The Labute approximate surface area is 156 Å². The van der Waals surface area contributed by atoms with Crippen LogP contribution in [0.2, 0.25) is 0 Å². The highest BCUT2D eigenvalue weighted by atomic mass is 32.2. The Kier molecular flexibility index (Phi) is 3.73. The van der Waals surface area contributed by atoms with E-state index in [9.17, 15) is 0 Å². The first kappa shape index (κ1) is 15.6. The molecule has 0 saturated carbocycles. The van der Waals surface area contributed by atoms with Gasteiger partial charge in [-0.3, -0.25) is 0 Å². The van der Waals surface area contributed by atoms with Gasteiger partial charge in [0.15, 0.2) is 5.82 Å². The third kappa shape index (κ3) is 2.59. The lowest BCUT2D eigenvalue weighted by atomic mass is 10.2. The Hall–Kier alpha value is -2.69. The maximum atomic E-state index is 4.91. The number of para-hydroxylation sites is 1. The van der Waals surface area contributed by atoms with Gasteiger partial charge in [-0.25, -0.2) is 9.97 Å². The fourth-order valence-electron chi connectivity index (χ4n) is 3.37. The fourth-order valence-corrected chi connectivity index (χ4v) is 4.49. The Balaban J connectivity index is 1.64. The Morgan fingerprint density at radius 3 is 2.50 bits per heavy atom. The van der Waals surface area contributed by atoms with Crippen LogP contribution in [0.4, 0.5) is 0 Å². The van der Waals surface area contributed by atoms with Gasteiger partial charge in [0.05, 0.1) is 11.6 Å². The number of fused-ring (bicyclic) bond motifs is 2. The van der Waals surface area contributed by atoms with Crippen LogP contribution in [0, 0.1) is 0 Å². The molecule has 1 atom stereocenters. The molecule has 3 aromatic carbocycles. The van der Waals surface area contributed by atoms with E-state index in [4.69, 9.17) is 9.97 Å². The van der Waals surface area contributed by atoms with Gasteiger partial charge in [-0.2, -0.15) is 0 Å². The van der Waals surface area contributed by atoms with Gasteiger partial charge >= 0.3 is 0 Å². The van der Waals surface area contributed by atoms with E-state index in [2.05, 4.69) is 47.8 Å². The molecule has 0 amide bonds. The fraction of sp³-hybridized carbons (Fsp3) is 0.0909. The molecule has 4 aromatic rings. The number of benzene rings is 3. The van der Waals surface area contributed by atoms with E-state index in [0.717, 1.165) is 27.3 Å². The third-order valence-electron chi connectivity index (χ3n) is 4.71. The van der Waals surface area contributed by atoms with Gasteiger partial charge in [0.2, 0.25) is 0 Å². The Morgan fingerprint density at radius 1 is 0.846 bits per heavy atom. The molecule has 1 aromatic heterocycles. The predicted molar refractivity (Wildman–Crippen MR) is 106 cm³/mol. The monoisotopic (exact) mass is 355 g/mol. The van der Waals surface area contributed by atoms with Crippen molar-refractivity contribution < 1.29 is 0 Å². The van der Waals surface area contributed by atoms with Crippen molar-refractivity contribution in [1.82, 2.24) is 15.3 Å². The van der Waals surface area contributed by atoms with Gasteiger partial charge < -0.3 is 5.32 Å². The van der Waals surface area contributed by atoms with Crippen molar-refractivity contribution in [2.45, 2.75) is 16.0 Å². The minimum Gasteiger partial charge on any atom is -0.309 e. The second-order valence-corrected chi connectivity index (χ2v) is 7.35. The molecule has 3 nitrogen and oxygen atoms in total. The molecule has 1 N–H and O–H groups in total. The first-order valence-corrected chi connectivity index (χ1v) is 9.47. The highest BCUT2D eigenvalue weighted by molar-refractivity contribution is 7.99. The molecule has 0 bridgehead atoms. The van der Waals surface area contributed by atoms with Crippen LogP contribution in [-0.2, 0) is 0 Å². The summed E-state index contributed by atoms with van der Waals surface area (Å²) in [5, 5.41) is 5.46. The van der Waals surface area contributed by atoms with E-state index in [1.54, 1.807) is 11.8 Å². The van der Waals surface area contributed by atoms with Crippen molar-refractivity contribution in [2.24, 2.45) is 0 Å². The molecule has 1 aliphatic carbocycles. The van der Waals surface area contributed by atoms with Gasteiger partial charge in [0.1, 0.15) is 5.03 Å². The molecule has 1 heterocycles. The zero-order valence-corrected chi connectivity index (χ0v) is 15.1. The van der Waals surface area contributed by atoms with Gasteiger partial charge in [-0.05, 0) is 30.3 Å². The molecule has 0 fully saturated rings. The standard InChI is InChI=1S/C22H17N3S/c1-23-20-16-11-7-13-18(19(16)20)26-22-15-10-5-6-12-17(15)24-21(25-22)14-8-3-2-4-9-14/h2-13,20,23H,1H3. The van der Waals surface area contributed by atoms with Crippen LogP contribution in [-0.4, -0.2) is 17.0 Å². The summed E-state index contributed by atoms with van der Waals surface area (Å²) in [5.41, 5.74) is 4.80. The summed E-state index contributed by atoms with van der Waals surface area (Å²) in [5.74, 6) is 0.772. The van der Waals surface area contributed by atoms with E-state index in [-0.39, 0.29) is 0 Å². The second-order valence-electron chi connectivity index (χ2n) is 6.32. The summed E-state index contributed by atoms with van der Waals surface area (Å²) in [6.45, 7) is 0. The smallest absolute Gasteiger partial charge is 0.161 e. The number of hydrogen-bond acceptors (Lipinski definition) is 4.